The molecular formula is C14H29NO2. The van der Waals surface area contributed by atoms with E-state index in [4.69, 9.17) is 0 Å². The third-order valence-corrected chi connectivity index (χ3v) is 3.81. The first-order valence-electron chi connectivity index (χ1n) is 6.61. The molecule has 0 bridgehead atoms. The van der Waals surface area contributed by atoms with E-state index in [9.17, 15) is 10.2 Å². The summed E-state index contributed by atoms with van der Waals surface area (Å²) in [5.74, 6) is 0. The van der Waals surface area contributed by atoms with Crippen molar-refractivity contribution in [2.24, 2.45) is 10.8 Å². The van der Waals surface area contributed by atoms with Gasteiger partial charge in [-0.3, -0.25) is 0 Å². The highest BCUT2D eigenvalue weighted by atomic mass is 16.3. The van der Waals surface area contributed by atoms with E-state index >= 15 is 0 Å². The lowest BCUT2D eigenvalue weighted by molar-refractivity contribution is 0.0400. The van der Waals surface area contributed by atoms with Crippen LogP contribution < -0.4 is 5.32 Å². The highest BCUT2D eigenvalue weighted by Crippen LogP contribution is 2.45. The van der Waals surface area contributed by atoms with Gasteiger partial charge in [0.1, 0.15) is 0 Å². The van der Waals surface area contributed by atoms with Crippen molar-refractivity contribution < 1.29 is 10.2 Å². The molecule has 0 heterocycles. The van der Waals surface area contributed by atoms with Gasteiger partial charge in [0.05, 0.1) is 18.8 Å². The second-order valence-electron chi connectivity index (χ2n) is 7.63. The standard InChI is InChI=1S/C14H29NO2/c1-12(2)6-11(7-13(3,4)8-12)15-14(5,9-16)10-17/h11,15-17H,6-10H2,1-5H3. The van der Waals surface area contributed by atoms with Gasteiger partial charge < -0.3 is 15.5 Å². The quantitative estimate of drug-likeness (QED) is 0.707. The molecule has 0 unspecified atom stereocenters. The first-order chi connectivity index (χ1) is 7.61. The molecule has 17 heavy (non-hydrogen) atoms. The highest BCUT2D eigenvalue weighted by Gasteiger charge is 2.40. The van der Waals surface area contributed by atoms with Crippen LogP contribution in [-0.4, -0.2) is 35.0 Å². The van der Waals surface area contributed by atoms with Gasteiger partial charge in [-0.05, 0) is 37.0 Å². The summed E-state index contributed by atoms with van der Waals surface area (Å²) in [7, 11) is 0. The van der Waals surface area contributed by atoms with E-state index in [0.29, 0.717) is 16.9 Å². The summed E-state index contributed by atoms with van der Waals surface area (Å²) in [6.07, 6.45) is 3.44. The summed E-state index contributed by atoms with van der Waals surface area (Å²) in [4.78, 5) is 0. The second kappa shape index (κ2) is 4.87. The minimum atomic E-state index is -0.561. The highest BCUT2D eigenvalue weighted by molar-refractivity contribution is 4.96. The van der Waals surface area contributed by atoms with Crippen molar-refractivity contribution in [3.8, 4) is 0 Å². The van der Waals surface area contributed by atoms with Crippen LogP contribution in [0.2, 0.25) is 0 Å². The number of rotatable bonds is 4. The Balaban J connectivity index is 2.71. The van der Waals surface area contributed by atoms with Crippen LogP contribution in [0.15, 0.2) is 0 Å². The van der Waals surface area contributed by atoms with Crippen molar-refractivity contribution in [1.29, 1.82) is 0 Å². The molecule has 0 atom stereocenters. The summed E-state index contributed by atoms with van der Waals surface area (Å²) < 4.78 is 0. The van der Waals surface area contributed by atoms with Crippen LogP contribution in [0, 0.1) is 10.8 Å². The third kappa shape index (κ3) is 4.23. The van der Waals surface area contributed by atoms with Gasteiger partial charge in [-0.2, -0.15) is 0 Å². The maximum Gasteiger partial charge on any atom is 0.0633 e. The molecule has 3 N–H and O–H groups in total. The van der Waals surface area contributed by atoms with Crippen LogP contribution in [0.4, 0.5) is 0 Å². The van der Waals surface area contributed by atoms with Crippen LogP contribution in [0.1, 0.15) is 53.9 Å². The molecule has 3 heteroatoms. The molecule has 0 saturated heterocycles. The van der Waals surface area contributed by atoms with Crippen molar-refractivity contribution in [1.82, 2.24) is 5.32 Å². The van der Waals surface area contributed by atoms with Crippen LogP contribution >= 0.6 is 0 Å². The van der Waals surface area contributed by atoms with Crippen molar-refractivity contribution in [3.63, 3.8) is 0 Å². The van der Waals surface area contributed by atoms with Crippen LogP contribution in [0.5, 0.6) is 0 Å². The van der Waals surface area contributed by atoms with E-state index in [2.05, 4.69) is 33.0 Å². The Kier molecular flexibility index (Phi) is 4.28. The SMILES string of the molecule is CC1(C)CC(NC(C)(CO)CO)CC(C)(C)C1. The minimum Gasteiger partial charge on any atom is -0.394 e. The molecule has 1 aliphatic rings. The van der Waals surface area contributed by atoms with Crippen molar-refractivity contribution in [2.45, 2.75) is 65.5 Å². The van der Waals surface area contributed by atoms with Gasteiger partial charge in [0, 0.05) is 6.04 Å². The molecule has 0 amide bonds. The summed E-state index contributed by atoms with van der Waals surface area (Å²) in [5, 5.41) is 22.2. The summed E-state index contributed by atoms with van der Waals surface area (Å²) in [6, 6.07) is 0.373. The number of aliphatic hydroxyl groups excluding tert-OH is 2. The van der Waals surface area contributed by atoms with Gasteiger partial charge in [-0.25, -0.2) is 0 Å². The summed E-state index contributed by atoms with van der Waals surface area (Å²) in [6.45, 7) is 11.0. The first-order valence-corrected chi connectivity index (χ1v) is 6.61. The maximum atomic E-state index is 9.35. The predicted octanol–water partition coefficient (Wildman–Crippen LogP) is 1.92. The molecule has 0 aromatic rings. The van der Waals surface area contributed by atoms with E-state index < -0.39 is 5.54 Å². The third-order valence-electron chi connectivity index (χ3n) is 3.81. The zero-order chi connectivity index (χ0) is 13.3. The Morgan fingerprint density at radius 2 is 1.47 bits per heavy atom. The largest absolute Gasteiger partial charge is 0.394 e. The van der Waals surface area contributed by atoms with Crippen molar-refractivity contribution in [2.75, 3.05) is 13.2 Å². The topological polar surface area (TPSA) is 52.5 Å². The molecule has 1 fully saturated rings. The predicted molar refractivity (Wildman–Crippen MR) is 70.9 cm³/mol. The van der Waals surface area contributed by atoms with E-state index in [1.807, 2.05) is 6.92 Å². The molecule has 102 valence electrons. The van der Waals surface area contributed by atoms with E-state index in [1.165, 1.54) is 6.42 Å². The zero-order valence-electron chi connectivity index (χ0n) is 12.0. The Bertz CT molecular complexity index is 241. The Morgan fingerprint density at radius 1 is 1.06 bits per heavy atom. The monoisotopic (exact) mass is 243 g/mol. The molecule has 3 nitrogen and oxygen atoms in total. The normalized spacial score (nSPS) is 24.9. The van der Waals surface area contributed by atoms with Gasteiger partial charge in [0.2, 0.25) is 0 Å². The number of hydrogen-bond donors (Lipinski definition) is 3. The number of aliphatic hydroxyl groups is 2. The molecule has 0 aromatic carbocycles. The van der Waals surface area contributed by atoms with Gasteiger partial charge >= 0.3 is 0 Å². The molecule has 0 radical (unpaired) electrons. The van der Waals surface area contributed by atoms with Crippen molar-refractivity contribution in [3.05, 3.63) is 0 Å². The van der Waals surface area contributed by atoms with Gasteiger partial charge in [0.25, 0.3) is 0 Å². The fourth-order valence-corrected chi connectivity index (χ4v) is 3.58. The molecular weight excluding hydrogens is 214 g/mol. The average molecular weight is 243 g/mol. The van der Waals surface area contributed by atoms with Gasteiger partial charge in [-0.15, -0.1) is 0 Å². The fraction of sp³-hybridized carbons (Fsp3) is 1.00. The zero-order valence-corrected chi connectivity index (χ0v) is 12.0. The smallest absolute Gasteiger partial charge is 0.0633 e. The molecule has 0 aliphatic heterocycles. The Hall–Kier alpha value is -0.120. The van der Waals surface area contributed by atoms with Crippen LogP contribution in [-0.2, 0) is 0 Å². The first kappa shape index (κ1) is 14.9. The van der Waals surface area contributed by atoms with Crippen LogP contribution in [0.25, 0.3) is 0 Å². The van der Waals surface area contributed by atoms with E-state index in [0.717, 1.165) is 12.8 Å². The lowest BCUT2D eigenvalue weighted by atomic mass is 9.63. The van der Waals surface area contributed by atoms with Gasteiger partial charge in [0.15, 0.2) is 0 Å². The second-order valence-corrected chi connectivity index (χ2v) is 7.63. The molecule has 0 spiro atoms. The average Bonchev–Trinajstić information content (AvgIpc) is 2.12. The lowest BCUT2D eigenvalue weighted by Crippen LogP contribution is -2.56. The molecule has 0 aromatic heterocycles. The maximum absolute atomic E-state index is 9.35. The van der Waals surface area contributed by atoms with E-state index in [1.54, 1.807) is 0 Å². The number of nitrogens with one attached hydrogen (secondary N) is 1. The summed E-state index contributed by atoms with van der Waals surface area (Å²) >= 11 is 0. The van der Waals surface area contributed by atoms with Gasteiger partial charge in [-0.1, -0.05) is 27.7 Å². The molecule has 1 saturated carbocycles. The van der Waals surface area contributed by atoms with Crippen molar-refractivity contribution >= 4 is 0 Å². The lowest BCUT2D eigenvalue weighted by Gasteiger charge is -2.47. The van der Waals surface area contributed by atoms with Crippen LogP contribution in [0.3, 0.4) is 0 Å². The molecule has 1 aliphatic carbocycles. The van der Waals surface area contributed by atoms with E-state index in [-0.39, 0.29) is 13.2 Å². The minimum absolute atomic E-state index is 0.0269. The number of hydrogen-bond acceptors (Lipinski definition) is 3. The fourth-order valence-electron chi connectivity index (χ4n) is 3.58. The Morgan fingerprint density at radius 3 is 1.82 bits per heavy atom. The Labute approximate surface area is 106 Å². The summed E-state index contributed by atoms with van der Waals surface area (Å²) in [5.41, 5.74) is 0.0879. The molecule has 1 rings (SSSR count).